The number of fused-ring (bicyclic) bond motifs is 1. The van der Waals surface area contributed by atoms with E-state index < -0.39 is 0 Å². The van der Waals surface area contributed by atoms with E-state index in [1.807, 2.05) is 6.92 Å². The highest BCUT2D eigenvalue weighted by Crippen LogP contribution is 2.41. The first kappa shape index (κ1) is 15.5. The first-order valence-electron chi connectivity index (χ1n) is 6.80. The summed E-state index contributed by atoms with van der Waals surface area (Å²) in [7, 11) is 3.37. The van der Waals surface area contributed by atoms with Crippen LogP contribution in [-0.2, 0) is 7.05 Å². The molecule has 2 heterocycles. The second-order valence-electron chi connectivity index (χ2n) is 4.91. The molecule has 23 heavy (non-hydrogen) atoms. The molecule has 0 spiro atoms. The molecule has 0 aliphatic heterocycles. The van der Waals surface area contributed by atoms with Gasteiger partial charge in [-0.2, -0.15) is 5.10 Å². The maximum absolute atomic E-state index is 6.01. The normalized spacial score (nSPS) is 12.3. The maximum Gasteiger partial charge on any atom is 0.191 e. The number of methoxy groups -OCH3 is 1. The second kappa shape index (κ2) is 5.99. The number of hydrogen-bond donors (Lipinski definition) is 1. The zero-order chi connectivity index (χ0) is 16.6. The summed E-state index contributed by atoms with van der Waals surface area (Å²) in [6.45, 7) is 1.86. The summed E-state index contributed by atoms with van der Waals surface area (Å²) >= 11 is 3.47. The first-order valence-corrected chi connectivity index (χ1v) is 7.59. The van der Waals surface area contributed by atoms with E-state index in [-0.39, 0.29) is 6.10 Å². The molecule has 1 atom stereocenters. The monoisotopic (exact) mass is 378 g/mol. The van der Waals surface area contributed by atoms with Gasteiger partial charge in [0.25, 0.3) is 0 Å². The Morgan fingerprint density at radius 1 is 1.26 bits per heavy atom. The minimum absolute atomic E-state index is 0.328. The lowest BCUT2D eigenvalue weighted by atomic mass is 10.2. The van der Waals surface area contributed by atoms with Crippen molar-refractivity contribution >= 4 is 32.7 Å². The molecule has 0 unspecified atom stereocenters. The summed E-state index contributed by atoms with van der Waals surface area (Å²) in [6, 6.07) is 1.74. The minimum Gasteiger partial charge on any atom is -0.495 e. The third-order valence-corrected chi connectivity index (χ3v) is 4.08. The van der Waals surface area contributed by atoms with E-state index in [1.54, 1.807) is 31.2 Å². The molecule has 0 radical (unpaired) electrons. The number of benzene rings is 1. The Hall–Kier alpha value is -2.42. The smallest absolute Gasteiger partial charge is 0.191 e. The number of aryl methyl sites for hydroxylation is 1. The van der Waals surface area contributed by atoms with Gasteiger partial charge in [0, 0.05) is 13.1 Å². The molecule has 3 rings (SSSR count). The average molecular weight is 379 g/mol. The second-order valence-corrected chi connectivity index (χ2v) is 5.70. The zero-order valence-electron chi connectivity index (χ0n) is 12.8. The van der Waals surface area contributed by atoms with Gasteiger partial charge in [0.2, 0.25) is 0 Å². The Morgan fingerprint density at radius 3 is 2.70 bits per heavy atom. The Kier molecular flexibility index (Phi) is 4.03. The van der Waals surface area contributed by atoms with E-state index in [0.717, 1.165) is 0 Å². The molecule has 120 valence electrons. The van der Waals surface area contributed by atoms with Crippen LogP contribution in [0, 0.1) is 0 Å². The highest BCUT2D eigenvalue weighted by molar-refractivity contribution is 9.10. The Bertz CT molecular complexity index is 866. The number of hydrogen-bond acceptors (Lipinski definition) is 7. The van der Waals surface area contributed by atoms with Crippen LogP contribution in [0.15, 0.2) is 23.2 Å². The standard InChI is InChI=1S/C14H15BrN6O2/c1-7(14-19-6-21(2)20-14)23-8-4-9(22-3)11(15)12-10(8)13(16)18-5-17-12/h4-7H,1-3H3,(H2,16,17,18)/t7-/m0/s1. The predicted octanol–water partition coefficient (Wildman–Crippen LogP) is 2.25. The van der Waals surface area contributed by atoms with Crippen molar-refractivity contribution in [3.05, 3.63) is 29.0 Å². The van der Waals surface area contributed by atoms with Gasteiger partial charge in [-0.25, -0.2) is 15.0 Å². The van der Waals surface area contributed by atoms with E-state index in [0.29, 0.717) is 38.5 Å². The van der Waals surface area contributed by atoms with Crippen molar-refractivity contribution in [1.29, 1.82) is 0 Å². The molecule has 0 aliphatic carbocycles. The molecular weight excluding hydrogens is 364 g/mol. The van der Waals surface area contributed by atoms with E-state index >= 15 is 0 Å². The Morgan fingerprint density at radius 2 is 2.04 bits per heavy atom. The summed E-state index contributed by atoms with van der Waals surface area (Å²) in [5.41, 5.74) is 6.63. The van der Waals surface area contributed by atoms with E-state index in [9.17, 15) is 0 Å². The molecule has 1 aromatic carbocycles. The molecule has 8 nitrogen and oxygen atoms in total. The summed E-state index contributed by atoms with van der Waals surface area (Å²) < 4.78 is 13.7. The van der Waals surface area contributed by atoms with Crippen molar-refractivity contribution in [3.8, 4) is 11.5 Å². The quantitative estimate of drug-likeness (QED) is 0.742. The fourth-order valence-corrected chi connectivity index (χ4v) is 2.78. The predicted molar refractivity (Wildman–Crippen MR) is 88.2 cm³/mol. The number of ether oxygens (including phenoxy) is 2. The van der Waals surface area contributed by atoms with Gasteiger partial charge < -0.3 is 15.2 Å². The van der Waals surface area contributed by atoms with Crippen molar-refractivity contribution < 1.29 is 9.47 Å². The molecule has 3 aromatic rings. The highest BCUT2D eigenvalue weighted by atomic mass is 79.9. The molecule has 2 N–H and O–H groups in total. The van der Waals surface area contributed by atoms with Crippen molar-refractivity contribution in [2.24, 2.45) is 7.05 Å². The fraction of sp³-hybridized carbons (Fsp3) is 0.286. The van der Waals surface area contributed by atoms with Crippen molar-refractivity contribution in [2.45, 2.75) is 13.0 Å². The highest BCUT2D eigenvalue weighted by Gasteiger charge is 2.19. The van der Waals surface area contributed by atoms with Crippen LogP contribution < -0.4 is 15.2 Å². The number of rotatable bonds is 4. The summed E-state index contributed by atoms with van der Waals surface area (Å²) in [6.07, 6.45) is 2.65. The van der Waals surface area contributed by atoms with Gasteiger partial charge in [-0.05, 0) is 22.9 Å². The zero-order valence-corrected chi connectivity index (χ0v) is 14.4. The molecule has 2 aromatic heterocycles. The van der Waals surface area contributed by atoms with Crippen molar-refractivity contribution in [2.75, 3.05) is 12.8 Å². The van der Waals surface area contributed by atoms with Crippen molar-refractivity contribution in [3.63, 3.8) is 0 Å². The molecule has 0 saturated heterocycles. The van der Waals surface area contributed by atoms with Crippen LogP contribution in [0.4, 0.5) is 5.82 Å². The Labute approximate surface area is 140 Å². The van der Waals surface area contributed by atoms with Crippen LogP contribution in [0.3, 0.4) is 0 Å². The van der Waals surface area contributed by atoms with Gasteiger partial charge >= 0.3 is 0 Å². The minimum atomic E-state index is -0.370. The Balaban J connectivity index is 2.11. The van der Waals surface area contributed by atoms with Gasteiger partial charge in [-0.3, -0.25) is 4.68 Å². The largest absolute Gasteiger partial charge is 0.495 e. The lowest BCUT2D eigenvalue weighted by Gasteiger charge is -2.16. The van der Waals surface area contributed by atoms with Crippen LogP contribution in [0.5, 0.6) is 11.5 Å². The number of anilines is 1. The average Bonchev–Trinajstić information content (AvgIpc) is 2.96. The van der Waals surface area contributed by atoms with Crippen LogP contribution in [0.2, 0.25) is 0 Å². The van der Waals surface area contributed by atoms with Crippen LogP contribution >= 0.6 is 15.9 Å². The fourth-order valence-electron chi connectivity index (χ4n) is 2.21. The number of nitrogens with zero attached hydrogens (tertiary/aromatic N) is 5. The molecule has 0 fully saturated rings. The van der Waals surface area contributed by atoms with Gasteiger partial charge in [-0.15, -0.1) is 0 Å². The third-order valence-electron chi connectivity index (χ3n) is 3.31. The molecule has 0 amide bonds. The van der Waals surface area contributed by atoms with Crippen molar-refractivity contribution in [1.82, 2.24) is 24.7 Å². The lowest BCUT2D eigenvalue weighted by molar-refractivity contribution is 0.218. The third kappa shape index (κ3) is 2.79. The number of halogens is 1. The molecule has 0 saturated carbocycles. The summed E-state index contributed by atoms with van der Waals surface area (Å²) in [5.74, 6) is 2.00. The van der Waals surface area contributed by atoms with Gasteiger partial charge in [0.1, 0.15) is 30.0 Å². The maximum atomic E-state index is 6.01. The summed E-state index contributed by atoms with van der Waals surface area (Å²) in [4.78, 5) is 12.5. The molecule has 9 heteroatoms. The van der Waals surface area contributed by atoms with Crippen LogP contribution in [-0.4, -0.2) is 31.8 Å². The number of nitrogens with two attached hydrogens (primary N) is 1. The van der Waals surface area contributed by atoms with Gasteiger partial charge in [-0.1, -0.05) is 0 Å². The molecule has 0 aliphatic rings. The number of aromatic nitrogens is 5. The van der Waals surface area contributed by atoms with Crippen LogP contribution in [0.1, 0.15) is 18.9 Å². The SMILES string of the molecule is COc1cc(O[C@@H](C)c2ncn(C)n2)c2c(N)ncnc2c1Br. The van der Waals surface area contributed by atoms with Gasteiger partial charge in [0.05, 0.1) is 22.5 Å². The van der Waals surface area contributed by atoms with E-state index in [1.165, 1.54) is 6.33 Å². The van der Waals surface area contributed by atoms with Crippen LogP contribution in [0.25, 0.3) is 10.9 Å². The van der Waals surface area contributed by atoms with E-state index in [2.05, 4.69) is 36.0 Å². The topological polar surface area (TPSA) is 101 Å². The lowest BCUT2D eigenvalue weighted by Crippen LogP contribution is -2.08. The summed E-state index contributed by atoms with van der Waals surface area (Å²) in [5, 5.41) is 4.86. The van der Waals surface area contributed by atoms with E-state index in [4.69, 9.17) is 15.2 Å². The molecular formula is C14H15BrN6O2. The number of nitrogen functional groups attached to an aromatic ring is 1. The first-order chi connectivity index (χ1) is 11.0. The molecule has 0 bridgehead atoms. The van der Waals surface area contributed by atoms with Gasteiger partial charge in [0.15, 0.2) is 11.9 Å².